The fourth-order valence-electron chi connectivity index (χ4n) is 9.57. The quantitative estimate of drug-likeness (QED) is 0.171. The van der Waals surface area contributed by atoms with Gasteiger partial charge in [-0.05, 0) is 75.1 Å². The zero-order chi connectivity index (χ0) is 36.5. The topological polar surface area (TPSA) is 35.1 Å². The molecule has 4 aromatic heterocycles. The van der Waals surface area contributed by atoms with Crippen molar-refractivity contribution in [2.45, 2.75) is 0 Å². The van der Waals surface area contributed by atoms with Gasteiger partial charge >= 0.3 is 0 Å². The molecule has 0 unspecified atom stereocenters. The molecular weight excluding hydrogens is 681 g/mol. The second-order valence-corrected chi connectivity index (χ2v) is 15.0. The van der Waals surface area contributed by atoms with Crippen molar-refractivity contribution in [1.82, 2.24) is 18.9 Å². The minimum atomic E-state index is 0.658. The SMILES string of the molecule is c1ccc(-c2ccc3c(c2)c2c4c5ccccc5n5c6ccccc6c(cc2n3-c2nc(-c3ccc6ccc7ccccc7c6c3)c3ccccc3n2)c45)cc1. The van der Waals surface area contributed by atoms with Gasteiger partial charge in [-0.3, -0.25) is 4.57 Å². The molecule has 0 amide bonds. The van der Waals surface area contributed by atoms with Gasteiger partial charge in [-0.1, -0.05) is 140 Å². The first-order valence-electron chi connectivity index (χ1n) is 19.2. The molecule has 258 valence electrons. The molecule has 4 nitrogen and oxygen atoms in total. The van der Waals surface area contributed by atoms with Crippen LogP contribution in [0.2, 0.25) is 0 Å². The maximum Gasteiger partial charge on any atom is 0.235 e. The predicted octanol–water partition coefficient (Wildman–Crippen LogP) is 13.5. The Morgan fingerprint density at radius 3 is 1.84 bits per heavy atom. The van der Waals surface area contributed by atoms with E-state index >= 15 is 0 Å². The fraction of sp³-hybridized carbons (Fsp3) is 0. The molecule has 0 radical (unpaired) electrons. The van der Waals surface area contributed by atoms with Crippen molar-refractivity contribution in [2.75, 3.05) is 0 Å². The summed E-state index contributed by atoms with van der Waals surface area (Å²) in [5, 5.41) is 13.3. The number of aromatic nitrogens is 4. The van der Waals surface area contributed by atoms with E-state index in [1.54, 1.807) is 0 Å². The first-order chi connectivity index (χ1) is 27.8. The summed E-state index contributed by atoms with van der Waals surface area (Å²) < 4.78 is 4.78. The molecule has 0 fully saturated rings. The van der Waals surface area contributed by atoms with E-state index < -0.39 is 0 Å². The van der Waals surface area contributed by atoms with Gasteiger partial charge in [0.25, 0.3) is 0 Å². The van der Waals surface area contributed by atoms with E-state index in [0.717, 1.165) is 33.2 Å². The van der Waals surface area contributed by atoms with Crippen LogP contribution >= 0.6 is 0 Å². The van der Waals surface area contributed by atoms with E-state index in [1.165, 1.54) is 81.5 Å². The largest absolute Gasteiger partial charge is 0.308 e. The minimum absolute atomic E-state index is 0.658. The summed E-state index contributed by atoms with van der Waals surface area (Å²) in [5.41, 5.74) is 11.1. The van der Waals surface area contributed by atoms with Crippen LogP contribution in [0.15, 0.2) is 182 Å². The van der Waals surface area contributed by atoms with E-state index in [9.17, 15) is 0 Å². The second kappa shape index (κ2) is 11.0. The first kappa shape index (κ1) is 29.8. The molecule has 4 heteroatoms. The maximum atomic E-state index is 5.57. The van der Waals surface area contributed by atoms with Gasteiger partial charge in [-0.25, -0.2) is 9.97 Å². The Labute approximate surface area is 320 Å². The Morgan fingerprint density at radius 2 is 0.982 bits per heavy atom. The summed E-state index contributed by atoms with van der Waals surface area (Å²) in [6.07, 6.45) is 0. The van der Waals surface area contributed by atoms with Gasteiger partial charge in [0.1, 0.15) is 0 Å². The molecule has 0 spiro atoms. The average Bonchev–Trinajstić information content (AvgIpc) is 3.90. The molecular formula is C52H30N4. The third kappa shape index (κ3) is 3.97. The Morgan fingerprint density at radius 1 is 0.339 bits per heavy atom. The Balaban J connectivity index is 1.19. The lowest BCUT2D eigenvalue weighted by atomic mass is 9.98. The molecule has 0 aliphatic heterocycles. The number of para-hydroxylation sites is 3. The lowest BCUT2D eigenvalue weighted by molar-refractivity contribution is 1.01. The average molecular weight is 711 g/mol. The summed E-state index contributed by atoms with van der Waals surface area (Å²) in [4.78, 5) is 11.0. The lowest BCUT2D eigenvalue weighted by Gasteiger charge is -2.13. The van der Waals surface area contributed by atoms with Crippen LogP contribution in [0.1, 0.15) is 0 Å². The molecule has 0 aliphatic rings. The van der Waals surface area contributed by atoms with Crippen molar-refractivity contribution in [3.8, 4) is 28.3 Å². The summed E-state index contributed by atoms with van der Waals surface area (Å²) in [6, 6.07) is 65.8. The van der Waals surface area contributed by atoms with Crippen molar-refractivity contribution in [1.29, 1.82) is 0 Å². The van der Waals surface area contributed by atoms with Crippen LogP contribution in [0, 0.1) is 0 Å². The predicted molar refractivity (Wildman–Crippen MR) is 234 cm³/mol. The van der Waals surface area contributed by atoms with Crippen molar-refractivity contribution in [3.05, 3.63) is 182 Å². The van der Waals surface area contributed by atoms with Crippen LogP contribution in [0.25, 0.3) is 121 Å². The molecule has 13 rings (SSSR count). The zero-order valence-electron chi connectivity index (χ0n) is 30.1. The minimum Gasteiger partial charge on any atom is -0.308 e. The number of hydrogen-bond acceptors (Lipinski definition) is 2. The van der Waals surface area contributed by atoms with E-state index in [-0.39, 0.29) is 0 Å². The third-order valence-corrected chi connectivity index (χ3v) is 12.0. The van der Waals surface area contributed by atoms with Gasteiger partial charge < -0.3 is 4.40 Å². The molecule has 0 atom stereocenters. The lowest BCUT2D eigenvalue weighted by Crippen LogP contribution is -2.03. The van der Waals surface area contributed by atoms with Crippen LogP contribution in [-0.4, -0.2) is 18.9 Å². The second-order valence-electron chi connectivity index (χ2n) is 15.0. The molecule has 0 aliphatic carbocycles. The number of nitrogens with zero attached hydrogens (tertiary/aromatic N) is 4. The standard InChI is InChI=1S/C52H30N4/c1-2-12-31(13-3-1)34-26-27-46-42(28-34)48-47(30-41-37-16-7-10-20-44(37)55-45-21-11-8-18-39(45)49(48)51(41)55)56(46)52-53-43-19-9-6-17-38(43)50(54-52)35-25-24-33-23-22-32-14-4-5-15-36(32)40(33)29-35/h1-30H. The highest BCUT2D eigenvalue weighted by molar-refractivity contribution is 6.35. The van der Waals surface area contributed by atoms with Crippen LogP contribution < -0.4 is 0 Å². The van der Waals surface area contributed by atoms with Gasteiger partial charge in [0.15, 0.2) is 0 Å². The number of hydrogen-bond donors (Lipinski definition) is 0. The number of benzene rings is 9. The summed E-state index contributed by atoms with van der Waals surface area (Å²) in [5.74, 6) is 0.658. The number of fused-ring (bicyclic) bond motifs is 14. The Kier molecular flexibility index (Phi) is 5.86. The molecule has 4 heterocycles. The van der Waals surface area contributed by atoms with Crippen LogP contribution in [-0.2, 0) is 0 Å². The normalized spacial score (nSPS) is 12.3. The Bertz CT molecular complexity index is 3760. The highest BCUT2D eigenvalue weighted by Gasteiger charge is 2.25. The monoisotopic (exact) mass is 710 g/mol. The molecule has 9 aromatic carbocycles. The van der Waals surface area contributed by atoms with Crippen molar-refractivity contribution in [2.24, 2.45) is 0 Å². The molecule has 0 bridgehead atoms. The highest BCUT2D eigenvalue weighted by atomic mass is 15.2. The van der Waals surface area contributed by atoms with Crippen LogP contribution in [0.5, 0.6) is 0 Å². The maximum absolute atomic E-state index is 5.57. The Hall–Kier alpha value is -7.56. The zero-order valence-corrected chi connectivity index (χ0v) is 30.1. The molecule has 0 N–H and O–H groups in total. The van der Waals surface area contributed by atoms with Crippen LogP contribution in [0.3, 0.4) is 0 Å². The van der Waals surface area contributed by atoms with Gasteiger partial charge in [0.05, 0.1) is 38.8 Å². The molecule has 13 aromatic rings. The van der Waals surface area contributed by atoms with Gasteiger partial charge in [0.2, 0.25) is 5.95 Å². The van der Waals surface area contributed by atoms with E-state index in [1.807, 2.05) is 0 Å². The molecule has 0 saturated heterocycles. The van der Waals surface area contributed by atoms with E-state index in [4.69, 9.17) is 9.97 Å². The van der Waals surface area contributed by atoms with Crippen molar-refractivity contribution in [3.63, 3.8) is 0 Å². The highest BCUT2D eigenvalue weighted by Crippen LogP contribution is 2.47. The van der Waals surface area contributed by atoms with Crippen molar-refractivity contribution >= 4 is 92.3 Å². The molecule has 0 saturated carbocycles. The van der Waals surface area contributed by atoms with E-state index in [0.29, 0.717) is 5.95 Å². The molecule has 56 heavy (non-hydrogen) atoms. The van der Waals surface area contributed by atoms with E-state index in [2.05, 4.69) is 191 Å². The van der Waals surface area contributed by atoms with Crippen molar-refractivity contribution < 1.29 is 0 Å². The smallest absolute Gasteiger partial charge is 0.235 e. The number of rotatable bonds is 3. The fourth-order valence-corrected chi connectivity index (χ4v) is 9.57. The third-order valence-electron chi connectivity index (χ3n) is 12.0. The first-order valence-corrected chi connectivity index (χ1v) is 19.2. The van der Waals surface area contributed by atoms with Gasteiger partial charge in [-0.15, -0.1) is 0 Å². The summed E-state index contributed by atoms with van der Waals surface area (Å²) >= 11 is 0. The summed E-state index contributed by atoms with van der Waals surface area (Å²) in [7, 11) is 0. The summed E-state index contributed by atoms with van der Waals surface area (Å²) in [6.45, 7) is 0. The van der Waals surface area contributed by atoms with Gasteiger partial charge in [0, 0.05) is 43.3 Å². The van der Waals surface area contributed by atoms with Gasteiger partial charge in [-0.2, -0.15) is 0 Å². The van der Waals surface area contributed by atoms with Crippen LogP contribution in [0.4, 0.5) is 0 Å².